The highest BCUT2D eigenvalue weighted by atomic mass is 16.5. The van der Waals surface area contributed by atoms with Crippen molar-refractivity contribution in [2.24, 2.45) is 0 Å². The number of aliphatic hydroxyl groups is 1. The van der Waals surface area contributed by atoms with Gasteiger partial charge in [-0.25, -0.2) is 0 Å². The van der Waals surface area contributed by atoms with Crippen LogP contribution in [0.15, 0.2) is 48.0 Å². The van der Waals surface area contributed by atoms with Gasteiger partial charge in [0.1, 0.15) is 5.76 Å². The number of aryl methyl sites for hydroxylation is 3. The molecule has 5 heteroatoms. The Hall–Kier alpha value is -2.92. The number of Topliss-reactive ketones (excluding diaryl/α,β-unsaturated/α-hetero) is 1. The SMILES string of the molecule is Cc1cccc(C2/C(=C(/O)c3ccc(C)c(C)c3)C(=O)C(=O)N2CC2CCCO2)c1. The highest BCUT2D eigenvalue weighted by Crippen LogP contribution is 2.40. The predicted molar refractivity (Wildman–Crippen MR) is 115 cm³/mol. The number of carbonyl (C=O) groups is 2. The van der Waals surface area contributed by atoms with Crippen LogP contribution in [0.5, 0.6) is 0 Å². The van der Waals surface area contributed by atoms with Crippen molar-refractivity contribution >= 4 is 17.4 Å². The molecule has 2 aromatic carbocycles. The molecular formula is C25H27NO4. The smallest absolute Gasteiger partial charge is 0.295 e. The lowest BCUT2D eigenvalue weighted by Gasteiger charge is -2.27. The van der Waals surface area contributed by atoms with Crippen molar-refractivity contribution in [2.75, 3.05) is 13.2 Å². The maximum Gasteiger partial charge on any atom is 0.295 e. The van der Waals surface area contributed by atoms with E-state index in [-0.39, 0.29) is 17.4 Å². The third kappa shape index (κ3) is 3.65. The Kier molecular flexibility index (Phi) is 5.48. The van der Waals surface area contributed by atoms with Crippen molar-refractivity contribution in [1.29, 1.82) is 0 Å². The molecule has 2 unspecified atom stereocenters. The van der Waals surface area contributed by atoms with Crippen molar-refractivity contribution in [2.45, 2.75) is 45.8 Å². The molecule has 0 spiro atoms. The molecule has 0 bridgehead atoms. The van der Waals surface area contributed by atoms with Crippen LogP contribution in [-0.2, 0) is 14.3 Å². The van der Waals surface area contributed by atoms with Gasteiger partial charge >= 0.3 is 0 Å². The van der Waals surface area contributed by atoms with Gasteiger partial charge in [0.25, 0.3) is 11.7 Å². The molecule has 5 nitrogen and oxygen atoms in total. The number of carbonyl (C=O) groups excluding carboxylic acids is 2. The summed E-state index contributed by atoms with van der Waals surface area (Å²) in [4.78, 5) is 27.6. The van der Waals surface area contributed by atoms with Crippen molar-refractivity contribution in [1.82, 2.24) is 4.90 Å². The molecule has 0 saturated carbocycles. The summed E-state index contributed by atoms with van der Waals surface area (Å²) >= 11 is 0. The minimum atomic E-state index is -0.643. The van der Waals surface area contributed by atoms with Gasteiger partial charge in [-0.3, -0.25) is 9.59 Å². The first-order valence-electron chi connectivity index (χ1n) is 10.4. The highest BCUT2D eigenvalue weighted by Gasteiger charge is 2.47. The monoisotopic (exact) mass is 405 g/mol. The standard InChI is InChI=1S/C25H27NO4/c1-15-6-4-7-18(12-15)22-21(23(27)19-10-9-16(2)17(3)13-19)24(28)25(29)26(22)14-20-8-5-11-30-20/h4,6-7,9-10,12-13,20,22,27H,5,8,11,14H2,1-3H3/b23-21-. The van der Waals surface area contributed by atoms with Crippen LogP contribution in [0.1, 0.15) is 46.7 Å². The molecule has 2 fully saturated rings. The molecule has 2 atom stereocenters. The summed E-state index contributed by atoms with van der Waals surface area (Å²) < 4.78 is 5.73. The van der Waals surface area contributed by atoms with Crippen molar-refractivity contribution in [3.8, 4) is 0 Å². The average molecular weight is 405 g/mol. The van der Waals surface area contributed by atoms with Gasteiger partial charge in [-0.1, -0.05) is 42.0 Å². The zero-order valence-electron chi connectivity index (χ0n) is 17.6. The summed E-state index contributed by atoms with van der Waals surface area (Å²) in [6.07, 6.45) is 1.73. The van der Waals surface area contributed by atoms with Crippen LogP contribution in [0, 0.1) is 20.8 Å². The fraction of sp³-hybridized carbons (Fsp3) is 0.360. The van der Waals surface area contributed by atoms with Gasteiger partial charge in [0.2, 0.25) is 0 Å². The molecule has 2 heterocycles. The predicted octanol–water partition coefficient (Wildman–Crippen LogP) is 4.21. The van der Waals surface area contributed by atoms with Gasteiger partial charge in [-0.2, -0.15) is 0 Å². The lowest BCUT2D eigenvalue weighted by atomic mass is 9.93. The summed E-state index contributed by atoms with van der Waals surface area (Å²) in [7, 11) is 0. The van der Waals surface area contributed by atoms with Crippen molar-refractivity contribution in [3.63, 3.8) is 0 Å². The molecule has 0 aliphatic carbocycles. The number of hydrogen-bond donors (Lipinski definition) is 1. The van der Waals surface area contributed by atoms with Crippen molar-refractivity contribution < 1.29 is 19.4 Å². The Bertz CT molecular complexity index is 1030. The molecule has 30 heavy (non-hydrogen) atoms. The van der Waals surface area contributed by atoms with E-state index in [0.717, 1.165) is 35.1 Å². The third-order valence-electron chi connectivity index (χ3n) is 6.10. The lowest BCUT2D eigenvalue weighted by molar-refractivity contribution is -0.140. The molecule has 156 valence electrons. The van der Waals surface area contributed by atoms with Crippen LogP contribution in [0.25, 0.3) is 5.76 Å². The largest absolute Gasteiger partial charge is 0.507 e. The van der Waals surface area contributed by atoms with E-state index in [4.69, 9.17) is 4.74 Å². The van der Waals surface area contributed by atoms with E-state index in [0.29, 0.717) is 18.7 Å². The molecule has 2 saturated heterocycles. The summed E-state index contributed by atoms with van der Waals surface area (Å²) in [5.74, 6) is -1.35. The molecule has 0 radical (unpaired) electrons. The summed E-state index contributed by atoms with van der Waals surface area (Å²) in [6.45, 7) is 6.94. The van der Waals surface area contributed by atoms with Crippen molar-refractivity contribution in [3.05, 3.63) is 75.9 Å². The Morgan fingerprint density at radius 2 is 1.90 bits per heavy atom. The number of ketones is 1. The van der Waals surface area contributed by atoms with Gasteiger partial charge < -0.3 is 14.7 Å². The minimum absolute atomic E-state index is 0.0860. The first-order chi connectivity index (χ1) is 14.4. The normalized spacial score (nSPS) is 23.4. The Morgan fingerprint density at radius 1 is 1.10 bits per heavy atom. The summed E-state index contributed by atoms with van der Waals surface area (Å²) in [5, 5.41) is 11.2. The minimum Gasteiger partial charge on any atom is -0.507 e. The topological polar surface area (TPSA) is 66.8 Å². The Morgan fingerprint density at radius 3 is 2.57 bits per heavy atom. The van der Waals surface area contributed by atoms with Gasteiger partial charge in [-0.05, 0) is 56.4 Å². The van der Waals surface area contributed by atoms with Crippen LogP contribution in [0.3, 0.4) is 0 Å². The number of likely N-dealkylation sites (tertiary alicyclic amines) is 1. The van der Waals surface area contributed by atoms with E-state index in [2.05, 4.69) is 0 Å². The van der Waals surface area contributed by atoms with E-state index in [1.807, 2.05) is 57.2 Å². The number of nitrogens with zero attached hydrogens (tertiary/aromatic N) is 1. The maximum atomic E-state index is 13.1. The number of aliphatic hydroxyl groups excluding tert-OH is 1. The number of ether oxygens (including phenoxy) is 1. The second-order valence-corrected chi connectivity index (χ2v) is 8.30. The van der Waals surface area contributed by atoms with E-state index in [1.54, 1.807) is 11.0 Å². The molecule has 2 aliphatic heterocycles. The number of amides is 1. The molecule has 2 aromatic rings. The van der Waals surface area contributed by atoms with E-state index in [1.165, 1.54) is 0 Å². The van der Waals surface area contributed by atoms with Gasteiger partial charge in [0.15, 0.2) is 0 Å². The van der Waals surface area contributed by atoms with Gasteiger partial charge in [0, 0.05) is 18.7 Å². The average Bonchev–Trinajstić information content (AvgIpc) is 3.32. The second kappa shape index (κ2) is 8.07. The fourth-order valence-corrected chi connectivity index (χ4v) is 4.31. The van der Waals surface area contributed by atoms with Crippen LogP contribution in [0.2, 0.25) is 0 Å². The zero-order chi connectivity index (χ0) is 21.4. The summed E-state index contributed by atoms with van der Waals surface area (Å²) in [5.41, 5.74) is 4.65. The number of benzene rings is 2. The maximum absolute atomic E-state index is 13.1. The van der Waals surface area contributed by atoms with Crippen LogP contribution in [-0.4, -0.2) is 41.0 Å². The molecule has 1 amide bonds. The molecular weight excluding hydrogens is 378 g/mol. The van der Waals surface area contributed by atoms with Crippen LogP contribution >= 0.6 is 0 Å². The number of hydrogen-bond acceptors (Lipinski definition) is 4. The first-order valence-corrected chi connectivity index (χ1v) is 10.4. The molecule has 0 aromatic heterocycles. The van der Waals surface area contributed by atoms with E-state index >= 15 is 0 Å². The van der Waals surface area contributed by atoms with Crippen LogP contribution < -0.4 is 0 Å². The lowest BCUT2D eigenvalue weighted by Crippen LogP contribution is -2.36. The Labute approximate surface area is 177 Å². The first kappa shape index (κ1) is 20.4. The molecule has 1 N–H and O–H groups in total. The summed E-state index contributed by atoms with van der Waals surface area (Å²) in [6, 6.07) is 12.7. The fourth-order valence-electron chi connectivity index (χ4n) is 4.31. The quantitative estimate of drug-likeness (QED) is 0.470. The highest BCUT2D eigenvalue weighted by molar-refractivity contribution is 6.46. The van der Waals surface area contributed by atoms with Crippen LogP contribution in [0.4, 0.5) is 0 Å². The zero-order valence-corrected chi connectivity index (χ0v) is 17.6. The molecule has 2 aliphatic rings. The molecule has 4 rings (SSSR count). The third-order valence-corrected chi connectivity index (χ3v) is 6.10. The number of rotatable bonds is 4. The second-order valence-electron chi connectivity index (χ2n) is 8.30. The van der Waals surface area contributed by atoms with E-state index < -0.39 is 17.7 Å². The van der Waals surface area contributed by atoms with E-state index in [9.17, 15) is 14.7 Å². The van der Waals surface area contributed by atoms with Gasteiger partial charge in [0.05, 0.1) is 17.7 Å². The Balaban J connectivity index is 1.84. The van der Waals surface area contributed by atoms with Gasteiger partial charge in [-0.15, -0.1) is 0 Å².